The molecule has 1 aromatic carbocycles. The predicted octanol–water partition coefficient (Wildman–Crippen LogP) is 3.42. The van der Waals surface area contributed by atoms with Crippen molar-refractivity contribution in [1.82, 2.24) is 4.98 Å². The summed E-state index contributed by atoms with van der Waals surface area (Å²) in [7, 11) is 0. The third-order valence-corrected chi connectivity index (χ3v) is 4.07. The molecule has 0 aliphatic rings. The van der Waals surface area contributed by atoms with E-state index in [4.69, 9.17) is 11.5 Å². The van der Waals surface area contributed by atoms with Gasteiger partial charge in [0.2, 0.25) is 5.91 Å². The zero-order valence-corrected chi connectivity index (χ0v) is 14.3. The summed E-state index contributed by atoms with van der Waals surface area (Å²) in [5.41, 5.74) is 15.2. The van der Waals surface area contributed by atoms with Crippen molar-refractivity contribution in [3.05, 3.63) is 46.6 Å². The second-order valence-corrected chi connectivity index (χ2v) is 5.94. The Morgan fingerprint density at radius 1 is 1.21 bits per heavy atom. The summed E-state index contributed by atoms with van der Waals surface area (Å²) in [6, 6.07) is 7.01. The zero-order valence-electron chi connectivity index (χ0n) is 14.3. The standard InChI is InChI=1S/C19H23N3O2/c1-4-5-9-16(23)17-12(3)14(20)10-13(19(21)24)18(17)15-8-6-7-11(2)22-15/h6-8,10H,4-5,9,20H2,1-3H3,(H2,21,24). The van der Waals surface area contributed by atoms with Gasteiger partial charge in [-0.15, -0.1) is 0 Å². The lowest BCUT2D eigenvalue weighted by atomic mass is 9.88. The molecule has 1 amide bonds. The van der Waals surface area contributed by atoms with Gasteiger partial charge in [0.05, 0.1) is 11.3 Å². The van der Waals surface area contributed by atoms with Crippen molar-refractivity contribution >= 4 is 17.4 Å². The molecule has 0 aliphatic carbocycles. The normalized spacial score (nSPS) is 10.6. The smallest absolute Gasteiger partial charge is 0.249 e. The van der Waals surface area contributed by atoms with Crippen molar-refractivity contribution < 1.29 is 9.59 Å². The van der Waals surface area contributed by atoms with E-state index in [0.29, 0.717) is 34.5 Å². The molecule has 0 fully saturated rings. The molecular formula is C19H23N3O2. The lowest BCUT2D eigenvalue weighted by Gasteiger charge is -2.17. The van der Waals surface area contributed by atoms with E-state index in [2.05, 4.69) is 4.98 Å². The number of nitrogen functional groups attached to an aromatic ring is 1. The van der Waals surface area contributed by atoms with E-state index in [0.717, 1.165) is 18.5 Å². The number of benzene rings is 1. The van der Waals surface area contributed by atoms with Crippen LogP contribution in [0, 0.1) is 13.8 Å². The van der Waals surface area contributed by atoms with Crippen molar-refractivity contribution in [2.24, 2.45) is 5.73 Å². The number of hydrogen-bond acceptors (Lipinski definition) is 4. The van der Waals surface area contributed by atoms with E-state index in [1.165, 1.54) is 6.07 Å². The third kappa shape index (κ3) is 3.45. The number of pyridine rings is 1. The molecule has 0 radical (unpaired) electrons. The first-order valence-corrected chi connectivity index (χ1v) is 8.06. The molecule has 5 nitrogen and oxygen atoms in total. The maximum absolute atomic E-state index is 12.8. The van der Waals surface area contributed by atoms with E-state index < -0.39 is 5.91 Å². The van der Waals surface area contributed by atoms with Gasteiger partial charge in [-0.1, -0.05) is 19.4 Å². The van der Waals surface area contributed by atoms with E-state index in [1.54, 1.807) is 13.0 Å². The van der Waals surface area contributed by atoms with E-state index >= 15 is 0 Å². The van der Waals surface area contributed by atoms with Gasteiger partial charge in [0.15, 0.2) is 5.78 Å². The summed E-state index contributed by atoms with van der Waals surface area (Å²) in [6.45, 7) is 5.67. The number of rotatable bonds is 6. The first-order valence-electron chi connectivity index (χ1n) is 8.06. The lowest BCUT2D eigenvalue weighted by molar-refractivity contribution is 0.0979. The maximum Gasteiger partial charge on any atom is 0.249 e. The van der Waals surface area contributed by atoms with Crippen LogP contribution in [0.15, 0.2) is 24.3 Å². The first-order chi connectivity index (χ1) is 11.4. The highest BCUT2D eigenvalue weighted by Gasteiger charge is 2.24. The average molecular weight is 325 g/mol. The third-order valence-electron chi connectivity index (χ3n) is 4.07. The number of aryl methyl sites for hydroxylation is 1. The number of ketones is 1. The van der Waals surface area contributed by atoms with Crippen molar-refractivity contribution in [3.63, 3.8) is 0 Å². The Morgan fingerprint density at radius 3 is 2.50 bits per heavy atom. The van der Waals surface area contributed by atoms with Crippen LogP contribution < -0.4 is 11.5 Å². The van der Waals surface area contributed by atoms with Gasteiger partial charge in [-0.25, -0.2) is 0 Å². The lowest BCUT2D eigenvalue weighted by Crippen LogP contribution is -2.17. The van der Waals surface area contributed by atoms with Crippen LogP contribution in [0.3, 0.4) is 0 Å². The van der Waals surface area contributed by atoms with Gasteiger partial charge < -0.3 is 11.5 Å². The number of primary amides is 1. The molecule has 5 heteroatoms. The van der Waals surface area contributed by atoms with Crippen LogP contribution in [-0.4, -0.2) is 16.7 Å². The number of nitrogens with zero attached hydrogens (tertiary/aromatic N) is 1. The van der Waals surface area contributed by atoms with Crippen molar-refractivity contribution in [2.45, 2.75) is 40.0 Å². The molecule has 2 aromatic rings. The maximum atomic E-state index is 12.8. The molecule has 126 valence electrons. The Morgan fingerprint density at radius 2 is 1.92 bits per heavy atom. The van der Waals surface area contributed by atoms with Crippen molar-refractivity contribution in [2.75, 3.05) is 5.73 Å². The van der Waals surface area contributed by atoms with Crippen LogP contribution in [0.5, 0.6) is 0 Å². The number of amides is 1. The number of anilines is 1. The van der Waals surface area contributed by atoms with Crippen LogP contribution in [0.25, 0.3) is 11.3 Å². The molecular weight excluding hydrogens is 302 g/mol. The molecule has 0 aliphatic heterocycles. The van der Waals surface area contributed by atoms with Crippen LogP contribution >= 0.6 is 0 Å². The SMILES string of the molecule is CCCCC(=O)c1c(C)c(N)cc(C(N)=O)c1-c1cccc(C)n1. The molecule has 0 spiro atoms. The average Bonchev–Trinajstić information content (AvgIpc) is 2.54. The highest BCUT2D eigenvalue weighted by atomic mass is 16.1. The van der Waals surface area contributed by atoms with E-state index in [-0.39, 0.29) is 11.3 Å². The fourth-order valence-electron chi connectivity index (χ4n) is 2.76. The van der Waals surface area contributed by atoms with Crippen LogP contribution in [-0.2, 0) is 0 Å². The molecule has 0 unspecified atom stereocenters. The summed E-state index contributed by atoms with van der Waals surface area (Å²) >= 11 is 0. The summed E-state index contributed by atoms with van der Waals surface area (Å²) in [5, 5.41) is 0. The van der Waals surface area contributed by atoms with Gasteiger partial charge in [0, 0.05) is 28.9 Å². The van der Waals surface area contributed by atoms with Gasteiger partial charge in [0.1, 0.15) is 0 Å². The molecule has 0 saturated carbocycles. The summed E-state index contributed by atoms with van der Waals surface area (Å²) in [4.78, 5) is 29.2. The van der Waals surface area contributed by atoms with Crippen LogP contribution in [0.1, 0.15) is 58.2 Å². The van der Waals surface area contributed by atoms with E-state index in [1.807, 2.05) is 26.0 Å². The highest BCUT2D eigenvalue weighted by molar-refractivity contribution is 6.11. The Hall–Kier alpha value is -2.69. The summed E-state index contributed by atoms with van der Waals surface area (Å²) in [6.07, 6.45) is 2.09. The molecule has 0 atom stereocenters. The Kier molecular flexibility index (Phi) is 5.34. The van der Waals surface area contributed by atoms with Crippen molar-refractivity contribution in [1.29, 1.82) is 0 Å². The number of carbonyl (C=O) groups is 2. The summed E-state index contributed by atoms with van der Waals surface area (Å²) < 4.78 is 0. The quantitative estimate of drug-likeness (QED) is 0.628. The molecule has 0 bridgehead atoms. The Bertz CT molecular complexity index is 797. The topological polar surface area (TPSA) is 99.1 Å². The Labute approximate surface area is 142 Å². The first kappa shape index (κ1) is 17.7. The highest BCUT2D eigenvalue weighted by Crippen LogP contribution is 2.33. The number of unbranched alkanes of at least 4 members (excludes halogenated alkanes) is 1. The second kappa shape index (κ2) is 7.25. The number of hydrogen-bond donors (Lipinski definition) is 2. The fourth-order valence-corrected chi connectivity index (χ4v) is 2.76. The zero-order chi connectivity index (χ0) is 17.9. The van der Waals surface area contributed by atoms with Gasteiger partial charge in [-0.05, 0) is 44.0 Å². The van der Waals surface area contributed by atoms with Crippen LogP contribution in [0.2, 0.25) is 0 Å². The molecule has 24 heavy (non-hydrogen) atoms. The van der Waals surface area contributed by atoms with Gasteiger partial charge in [-0.3, -0.25) is 14.6 Å². The minimum absolute atomic E-state index is 0.0394. The summed E-state index contributed by atoms with van der Waals surface area (Å²) in [5.74, 6) is -0.660. The van der Waals surface area contributed by atoms with Crippen molar-refractivity contribution in [3.8, 4) is 11.3 Å². The second-order valence-electron chi connectivity index (χ2n) is 5.94. The molecule has 1 heterocycles. The number of aromatic nitrogens is 1. The Balaban J connectivity index is 2.80. The number of Topliss-reactive ketones (excluding diaryl/α,β-unsaturated/α-hetero) is 1. The molecule has 4 N–H and O–H groups in total. The van der Waals surface area contributed by atoms with Gasteiger partial charge >= 0.3 is 0 Å². The van der Waals surface area contributed by atoms with E-state index in [9.17, 15) is 9.59 Å². The number of nitrogens with two attached hydrogens (primary N) is 2. The predicted molar refractivity (Wildman–Crippen MR) is 95.9 cm³/mol. The minimum atomic E-state index is -0.621. The fraction of sp³-hybridized carbons (Fsp3) is 0.316. The molecule has 0 saturated heterocycles. The largest absolute Gasteiger partial charge is 0.398 e. The number of carbonyl (C=O) groups excluding carboxylic acids is 2. The van der Waals surface area contributed by atoms with Gasteiger partial charge in [0.25, 0.3) is 0 Å². The minimum Gasteiger partial charge on any atom is -0.398 e. The van der Waals surface area contributed by atoms with Gasteiger partial charge in [-0.2, -0.15) is 0 Å². The molecule has 2 rings (SSSR count). The molecule has 1 aromatic heterocycles. The van der Waals surface area contributed by atoms with Crippen LogP contribution in [0.4, 0.5) is 5.69 Å². The monoisotopic (exact) mass is 325 g/mol.